The summed E-state index contributed by atoms with van der Waals surface area (Å²) < 4.78 is 55.5. The van der Waals surface area contributed by atoms with Crippen LogP contribution in [0.1, 0.15) is 58.4 Å². The van der Waals surface area contributed by atoms with Crippen molar-refractivity contribution in [1.29, 1.82) is 5.26 Å². The van der Waals surface area contributed by atoms with E-state index in [-0.39, 0.29) is 12.6 Å². The third-order valence-corrected chi connectivity index (χ3v) is 10.7. The van der Waals surface area contributed by atoms with Crippen LogP contribution < -0.4 is 19.5 Å². The molecule has 1 aliphatic heterocycles. The maximum atomic E-state index is 11.6. The van der Waals surface area contributed by atoms with E-state index in [1.54, 1.807) is 19.2 Å². The zero-order chi connectivity index (χ0) is 46.7. The zero-order valence-corrected chi connectivity index (χ0v) is 40.4. The second kappa shape index (κ2) is 30.5. The minimum atomic E-state index is -0.515. The lowest BCUT2D eigenvalue weighted by Gasteiger charge is -2.34. The van der Waals surface area contributed by atoms with Crippen molar-refractivity contribution in [2.24, 2.45) is 0 Å². The van der Waals surface area contributed by atoms with Crippen LogP contribution in [0.5, 0.6) is 17.2 Å². The summed E-state index contributed by atoms with van der Waals surface area (Å²) in [7, 11) is 3.12. The quantitative estimate of drug-likeness (QED) is 0.0469. The minimum Gasteiger partial charge on any atom is -0.495 e. The number of benzene rings is 2. The molecule has 0 spiro atoms. The topological polar surface area (TPSA) is 165 Å². The Hall–Kier alpha value is -3.73. The number of piperazine rings is 1. The van der Waals surface area contributed by atoms with Crippen LogP contribution >= 0.6 is 23.2 Å². The van der Waals surface area contributed by atoms with Crippen LogP contribution in [0.15, 0.2) is 30.5 Å². The van der Waals surface area contributed by atoms with E-state index in [9.17, 15) is 10.1 Å². The third-order valence-electron chi connectivity index (χ3n) is 10.1. The Morgan fingerprint density at radius 3 is 1.80 bits per heavy atom. The first-order valence-electron chi connectivity index (χ1n) is 22.5. The SMILES string of the molecule is COc1cc(Nc2c(C#N)cnc3cc(OCCCN4CCN(CCCCCCOCCOCCOCCOCCOCCOCC(=O)OC(C)(C)C)CC4)c(OC)cc23)c(Cl)cc1Cl. The number of esters is 1. The molecule has 2 aromatic carbocycles. The average molecular weight is 951 g/mol. The lowest BCUT2D eigenvalue weighted by atomic mass is 10.1. The van der Waals surface area contributed by atoms with Gasteiger partial charge in [-0.1, -0.05) is 36.0 Å². The number of hydrogen-bond acceptors (Lipinski definition) is 16. The van der Waals surface area contributed by atoms with Crippen LogP contribution in [0.25, 0.3) is 10.9 Å². The Morgan fingerprint density at radius 2 is 1.23 bits per heavy atom. The van der Waals surface area contributed by atoms with Gasteiger partial charge in [0.25, 0.3) is 0 Å². The molecule has 362 valence electrons. The van der Waals surface area contributed by atoms with Crippen LogP contribution in [0, 0.1) is 11.3 Å². The highest BCUT2D eigenvalue weighted by Gasteiger charge is 2.19. The molecule has 1 aromatic heterocycles. The number of nitriles is 1. The van der Waals surface area contributed by atoms with E-state index in [1.165, 1.54) is 26.1 Å². The molecule has 0 saturated carbocycles. The molecule has 0 aliphatic carbocycles. The highest BCUT2D eigenvalue weighted by molar-refractivity contribution is 6.37. The first kappa shape index (κ1) is 53.9. The lowest BCUT2D eigenvalue weighted by Crippen LogP contribution is -2.46. The number of halogens is 2. The molecule has 0 unspecified atom stereocenters. The Labute approximate surface area is 394 Å². The number of rotatable bonds is 33. The second-order valence-electron chi connectivity index (χ2n) is 16.3. The van der Waals surface area contributed by atoms with Gasteiger partial charge in [-0.3, -0.25) is 4.98 Å². The summed E-state index contributed by atoms with van der Waals surface area (Å²) in [6.45, 7) is 17.8. The number of anilines is 2. The lowest BCUT2D eigenvalue weighted by molar-refractivity contribution is -0.160. The van der Waals surface area contributed by atoms with Crippen LogP contribution in [0.4, 0.5) is 11.4 Å². The van der Waals surface area contributed by atoms with E-state index in [4.69, 9.17) is 70.6 Å². The molecular weight excluding hydrogens is 881 g/mol. The molecule has 1 saturated heterocycles. The van der Waals surface area contributed by atoms with Gasteiger partial charge in [0.05, 0.1) is 119 Å². The summed E-state index contributed by atoms with van der Waals surface area (Å²) in [5.74, 6) is 1.20. The molecular formula is C47H69Cl2N5O11. The molecule has 1 N–H and O–H groups in total. The van der Waals surface area contributed by atoms with Crippen molar-refractivity contribution < 1.29 is 52.2 Å². The molecule has 16 nitrogen and oxygen atoms in total. The van der Waals surface area contributed by atoms with Gasteiger partial charge in [0.1, 0.15) is 24.0 Å². The number of fused-ring (bicyclic) bond motifs is 1. The molecule has 0 bridgehead atoms. The fourth-order valence-corrected chi connectivity index (χ4v) is 7.34. The maximum absolute atomic E-state index is 11.6. The van der Waals surface area contributed by atoms with Crippen molar-refractivity contribution in [2.45, 2.75) is 58.5 Å². The highest BCUT2D eigenvalue weighted by atomic mass is 35.5. The van der Waals surface area contributed by atoms with Crippen molar-refractivity contribution in [1.82, 2.24) is 14.8 Å². The monoisotopic (exact) mass is 949 g/mol. The van der Waals surface area contributed by atoms with Gasteiger partial charge in [-0.2, -0.15) is 5.26 Å². The maximum Gasteiger partial charge on any atom is 0.332 e. The molecule has 65 heavy (non-hydrogen) atoms. The van der Waals surface area contributed by atoms with Gasteiger partial charge in [-0.15, -0.1) is 0 Å². The van der Waals surface area contributed by atoms with Gasteiger partial charge in [0.2, 0.25) is 0 Å². The molecule has 0 atom stereocenters. The molecule has 3 aromatic rings. The Balaban J connectivity index is 0.950. The van der Waals surface area contributed by atoms with E-state index < -0.39 is 5.60 Å². The number of aromatic nitrogens is 1. The molecule has 0 radical (unpaired) electrons. The van der Waals surface area contributed by atoms with Crippen LogP contribution in [0.2, 0.25) is 10.0 Å². The number of ether oxygens (including phenoxy) is 10. The summed E-state index contributed by atoms with van der Waals surface area (Å²) in [6, 6.07) is 9.15. The molecule has 0 amide bonds. The summed E-state index contributed by atoms with van der Waals surface area (Å²) in [5.41, 5.74) is 1.54. The van der Waals surface area contributed by atoms with E-state index >= 15 is 0 Å². The van der Waals surface area contributed by atoms with Crippen LogP contribution in [-0.2, 0) is 38.0 Å². The normalized spacial score (nSPS) is 13.5. The summed E-state index contributed by atoms with van der Waals surface area (Å²) >= 11 is 12.7. The standard InChI is InChI=1S/C47H69Cl2N5O11/c1-47(2,3)65-45(55)35-63-28-27-62-26-25-61-24-23-60-22-21-59-20-19-58-17-9-7-6-8-11-53-13-15-54(16-14-53)12-10-18-64-44-31-40-37(29-43(44)57-5)46(36(33-50)34-51-40)52-41-32-42(56-4)39(49)30-38(41)48/h29-32,34H,6-28,35H2,1-5H3,(H,51,52). The number of nitrogens with zero attached hydrogens (tertiary/aromatic N) is 4. The third kappa shape index (κ3) is 20.8. The predicted molar refractivity (Wildman–Crippen MR) is 252 cm³/mol. The fraction of sp³-hybridized carbons (Fsp3) is 0.638. The molecule has 2 heterocycles. The fourth-order valence-electron chi connectivity index (χ4n) is 6.83. The van der Waals surface area contributed by atoms with E-state index in [0.29, 0.717) is 128 Å². The Bertz CT molecular complexity index is 1890. The smallest absolute Gasteiger partial charge is 0.332 e. The van der Waals surface area contributed by atoms with Crippen LogP contribution in [0.3, 0.4) is 0 Å². The molecule has 1 fully saturated rings. The first-order chi connectivity index (χ1) is 31.5. The Kier molecular flexibility index (Phi) is 25.3. The van der Waals surface area contributed by atoms with Crippen molar-refractivity contribution >= 4 is 51.4 Å². The predicted octanol–water partition coefficient (Wildman–Crippen LogP) is 7.56. The number of unbranched alkanes of at least 4 members (excludes halogenated alkanes) is 3. The van der Waals surface area contributed by atoms with Gasteiger partial charge in [-0.25, -0.2) is 4.79 Å². The first-order valence-corrected chi connectivity index (χ1v) is 23.2. The zero-order valence-electron chi connectivity index (χ0n) is 38.9. The Morgan fingerprint density at radius 1 is 0.677 bits per heavy atom. The van der Waals surface area contributed by atoms with Gasteiger partial charge >= 0.3 is 5.97 Å². The van der Waals surface area contributed by atoms with E-state index in [1.807, 2.05) is 32.9 Å². The van der Waals surface area contributed by atoms with Crippen molar-refractivity contribution in [3.05, 3.63) is 46.1 Å². The van der Waals surface area contributed by atoms with Crippen LogP contribution in [-0.4, -0.2) is 166 Å². The summed E-state index contributed by atoms with van der Waals surface area (Å²) in [4.78, 5) is 21.2. The molecule has 1 aliphatic rings. The average Bonchev–Trinajstić information content (AvgIpc) is 3.28. The number of pyridine rings is 1. The van der Waals surface area contributed by atoms with Gasteiger partial charge in [0, 0.05) is 63.0 Å². The second-order valence-corrected chi connectivity index (χ2v) is 17.1. The highest BCUT2D eigenvalue weighted by Crippen LogP contribution is 2.40. The number of hydrogen-bond donors (Lipinski definition) is 1. The largest absolute Gasteiger partial charge is 0.495 e. The van der Waals surface area contributed by atoms with Gasteiger partial charge in [-0.05, 0) is 58.7 Å². The number of nitrogens with one attached hydrogen (secondary N) is 1. The van der Waals surface area contributed by atoms with Crippen molar-refractivity contribution in [3.63, 3.8) is 0 Å². The molecule has 18 heteroatoms. The van der Waals surface area contributed by atoms with E-state index in [2.05, 4.69) is 26.2 Å². The van der Waals surface area contributed by atoms with Crippen molar-refractivity contribution in [3.8, 4) is 23.3 Å². The number of carbonyl (C=O) groups excluding carboxylic acids is 1. The van der Waals surface area contributed by atoms with Gasteiger partial charge < -0.3 is 62.5 Å². The molecule has 4 rings (SSSR count). The van der Waals surface area contributed by atoms with E-state index in [0.717, 1.165) is 65.1 Å². The minimum absolute atomic E-state index is 0.0834. The summed E-state index contributed by atoms with van der Waals surface area (Å²) in [5, 5.41) is 14.6. The van der Waals surface area contributed by atoms with Gasteiger partial charge in [0.15, 0.2) is 11.5 Å². The summed E-state index contributed by atoms with van der Waals surface area (Å²) in [6.07, 6.45) is 7.03. The van der Waals surface area contributed by atoms with Crippen molar-refractivity contribution in [2.75, 3.05) is 145 Å². The number of carbonyl (C=O) groups is 1. The number of methoxy groups -OCH3 is 2.